The van der Waals surface area contributed by atoms with Gasteiger partial charge in [-0.3, -0.25) is 0 Å². The Morgan fingerprint density at radius 3 is 2.14 bits per heavy atom. The highest BCUT2D eigenvalue weighted by molar-refractivity contribution is 4.84. The molecule has 1 fully saturated rings. The van der Waals surface area contributed by atoms with Crippen LogP contribution in [-0.4, -0.2) is 12.3 Å². The SMILES string of the molecule is CC(C)C1CC(C(F)(F)F)CCC1F. The van der Waals surface area contributed by atoms with Crippen molar-refractivity contribution in [2.24, 2.45) is 17.8 Å². The number of alkyl halides is 4. The Morgan fingerprint density at radius 1 is 1.14 bits per heavy atom. The molecule has 0 aromatic rings. The Labute approximate surface area is 81.7 Å². The fourth-order valence-corrected chi connectivity index (χ4v) is 2.16. The molecule has 0 heterocycles. The molecule has 3 unspecified atom stereocenters. The number of hydrogen-bond acceptors (Lipinski definition) is 0. The summed E-state index contributed by atoms with van der Waals surface area (Å²) in [5.74, 6) is -1.72. The minimum absolute atomic E-state index is 0.00449. The summed E-state index contributed by atoms with van der Waals surface area (Å²) in [5, 5.41) is 0. The first-order valence-corrected chi connectivity index (χ1v) is 5.03. The largest absolute Gasteiger partial charge is 0.391 e. The van der Waals surface area contributed by atoms with E-state index in [9.17, 15) is 17.6 Å². The normalized spacial score (nSPS) is 34.9. The van der Waals surface area contributed by atoms with Crippen LogP contribution in [0.4, 0.5) is 17.6 Å². The Balaban J connectivity index is 2.62. The Hall–Kier alpha value is -0.280. The molecule has 0 aliphatic heterocycles. The van der Waals surface area contributed by atoms with Crippen molar-refractivity contribution < 1.29 is 17.6 Å². The van der Waals surface area contributed by atoms with Crippen molar-refractivity contribution in [3.05, 3.63) is 0 Å². The lowest BCUT2D eigenvalue weighted by Crippen LogP contribution is -2.36. The smallest absolute Gasteiger partial charge is 0.247 e. The fraction of sp³-hybridized carbons (Fsp3) is 1.00. The molecule has 84 valence electrons. The van der Waals surface area contributed by atoms with Gasteiger partial charge in [-0.25, -0.2) is 4.39 Å². The van der Waals surface area contributed by atoms with E-state index in [4.69, 9.17) is 0 Å². The van der Waals surface area contributed by atoms with Crippen LogP contribution in [0.15, 0.2) is 0 Å². The van der Waals surface area contributed by atoms with Crippen LogP contribution in [0.1, 0.15) is 33.1 Å². The molecule has 0 aromatic heterocycles. The first-order chi connectivity index (χ1) is 6.32. The second-order valence-corrected chi connectivity index (χ2v) is 4.48. The topological polar surface area (TPSA) is 0 Å². The van der Waals surface area contributed by atoms with E-state index in [0.29, 0.717) is 0 Å². The predicted octanol–water partition coefficient (Wildman–Crippen LogP) is 3.96. The second-order valence-electron chi connectivity index (χ2n) is 4.48. The molecule has 0 aromatic carbocycles. The Morgan fingerprint density at radius 2 is 1.71 bits per heavy atom. The van der Waals surface area contributed by atoms with E-state index in [1.807, 2.05) is 0 Å². The monoisotopic (exact) mass is 212 g/mol. The van der Waals surface area contributed by atoms with Crippen LogP contribution in [-0.2, 0) is 0 Å². The average molecular weight is 212 g/mol. The van der Waals surface area contributed by atoms with Crippen LogP contribution >= 0.6 is 0 Å². The van der Waals surface area contributed by atoms with Gasteiger partial charge in [0.1, 0.15) is 6.17 Å². The molecule has 3 atom stereocenters. The highest BCUT2D eigenvalue weighted by atomic mass is 19.4. The lowest BCUT2D eigenvalue weighted by Gasteiger charge is -2.35. The first kappa shape index (κ1) is 11.8. The minimum Gasteiger partial charge on any atom is -0.247 e. The molecule has 14 heavy (non-hydrogen) atoms. The lowest BCUT2D eigenvalue weighted by atomic mass is 9.75. The van der Waals surface area contributed by atoms with Crippen LogP contribution in [0.25, 0.3) is 0 Å². The first-order valence-electron chi connectivity index (χ1n) is 5.03. The second kappa shape index (κ2) is 4.07. The third-order valence-electron chi connectivity index (χ3n) is 3.13. The van der Waals surface area contributed by atoms with Gasteiger partial charge >= 0.3 is 6.18 Å². The van der Waals surface area contributed by atoms with Gasteiger partial charge in [-0.05, 0) is 31.1 Å². The number of rotatable bonds is 1. The molecule has 1 aliphatic carbocycles. The van der Waals surface area contributed by atoms with Crippen LogP contribution in [0.3, 0.4) is 0 Å². The van der Waals surface area contributed by atoms with Gasteiger partial charge in [0.25, 0.3) is 0 Å². The van der Waals surface area contributed by atoms with Gasteiger partial charge in [0.15, 0.2) is 0 Å². The molecule has 1 rings (SSSR count). The van der Waals surface area contributed by atoms with Gasteiger partial charge in [0.2, 0.25) is 0 Å². The summed E-state index contributed by atoms with van der Waals surface area (Å²) in [4.78, 5) is 0. The molecule has 1 saturated carbocycles. The van der Waals surface area contributed by atoms with Gasteiger partial charge in [-0.15, -0.1) is 0 Å². The summed E-state index contributed by atoms with van der Waals surface area (Å²) in [6.45, 7) is 3.58. The highest BCUT2D eigenvalue weighted by Gasteiger charge is 2.45. The van der Waals surface area contributed by atoms with Crippen LogP contribution in [0.5, 0.6) is 0 Å². The molecule has 0 radical (unpaired) electrons. The maximum Gasteiger partial charge on any atom is 0.391 e. The molecule has 1 aliphatic rings. The van der Waals surface area contributed by atoms with E-state index in [1.54, 1.807) is 13.8 Å². The Bertz CT molecular complexity index is 185. The molecular weight excluding hydrogens is 196 g/mol. The van der Waals surface area contributed by atoms with Gasteiger partial charge in [-0.2, -0.15) is 13.2 Å². The third kappa shape index (κ3) is 2.61. The highest BCUT2D eigenvalue weighted by Crippen LogP contribution is 2.43. The van der Waals surface area contributed by atoms with Crippen LogP contribution < -0.4 is 0 Å². The van der Waals surface area contributed by atoms with Gasteiger partial charge in [-0.1, -0.05) is 13.8 Å². The maximum atomic E-state index is 13.3. The van der Waals surface area contributed by atoms with E-state index in [-0.39, 0.29) is 25.2 Å². The van der Waals surface area contributed by atoms with Crippen molar-refractivity contribution in [1.29, 1.82) is 0 Å². The van der Waals surface area contributed by atoms with Gasteiger partial charge < -0.3 is 0 Å². The summed E-state index contributed by atoms with van der Waals surface area (Å²) in [5.41, 5.74) is 0. The van der Waals surface area contributed by atoms with Crippen molar-refractivity contribution in [3.63, 3.8) is 0 Å². The van der Waals surface area contributed by atoms with Crippen molar-refractivity contribution >= 4 is 0 Å². The molecule has 0 bridgehead atoms. The Kier molecular flexibility index (Phi) is 3.43. The van der Waals surface area contributed by atoms with E-state index in [0.717, 1.165) is 0 Å². The van der Waals surface area contributed by atoms with Crippen molar-refractivity contribution in [2.75, 3.05) is 0 Å². The van der Waals surface area contributed by atoms with E-state index < -0.39 is 24.2 Å². The summed E-state index contributed by atoms with van der Waals surface area (Å²) in [6.07, 6.45) is -5.22. The quantitative estimate of drug-likeness (QED) is 0.577. The van der Waals surface area contributed by atoms with E-state index >= 15 is 0 Å². The molecule has 4 heteroatoms. The van der Waals surface area contributed by atoms with Crippen molar-refractivity contribution in [1.82, 2.24) is 0 Å². The zero-order chi connectivity index (χ0) is 10.9. The molecule has 0 nitrogen and oxygen atoms in total. The molecule has 0 spiro atoms. The summed E-state index contributed by atoms with van der Waals surface area (Å²) in [6, 6.07) is 0. The van der Waals surface area contributed by atoms with Crippen LogP contribution in [0.2, 0.25) is 0 Å². The third-order valence-corrected chi connectivity index (χ3v) is 3.13. The molecule has 0 amide bonds. The molecule has 0 saturated heterocycles. The van der Waals surface area contributed by atoms with Crippen molar-refractivity contribution in [2.45, 2.75) is 45.5 Å². The predicted molar refractivity (Wildman–Crippen MR) is 46.6 cm³/mol. The van der Waals surface area contributed by atoms with Crippen LogP contribution in [0, 0.1) is 17.8 Å². The summed E-state index contributed by atoms with van der Waals surface area (Å²) >= 11 is 0. The molecule has 0 N–H and O–H groups in total. The standard InChI is InChI=1S/C10H16F4/c1-6(2)8-5-7(10(12,13)14)3-4-9(8)11/h6-9H,3-5H2,1-2H3. The zero-order valence-electron chi connectivity index (χ0n) is 8.44. The fourth-order valence-electron chi connectivity index (χ4n) is 2.16. The lowest BCUT2D eigenvalue weighted by molar-refractivity contribution is -0.191. The minimum atomic E-state index is -4.15. The summed E-state index contributed by atoms with van der Waals surface area (Å²) in [7, 11) is 0. The van der Waals surface area contributed by atoms with Gasteiger partial charge in [0.05, 0.1) is 5.92 Å². The van der Waals surface area contributed by atoms with E-state index in [1.165, 1.54) is 0 Å². The molecular formula is C10H16F4. The number of halogens is 4. The van der Waals surface area contributed by atoms with Crippen molar-refractivity contribution in [3.8, 4) is 0 Å². The number of hydrogen-bond donors (Lipinski definition) is 0. The maximum absolute atomic E-state index is 13.3. The summed E-state index contributed by atoms with van der Waals surface area (Å²) < 4.78 is 50.4. The van der Waals surface area contributed by atoms with Gasteiger partial charge in [0, 0.05) is 0 Å². The average Bonchev–Trinajstić information content (AvgIpc) is 2.02. The zero-order valence-corrected chi connectivity index (χ0v) is 8.44. The van der Waals surface area contributed by atoms with E-state index in [2.05, 4.69) is 0 Å².